The molecule has 3 aromatic rings. The highest BCUT2D eigenvalue weighted by molar-refractivity contribution is 9.10. The van der Waals surface area contributed by atoms with Gasteiger partial charge in [-0.1, -0.05) is 28.1 Å². The molecule has 0 amide bonds. The zero-order valence-corrected chi connectivity index (χ0v) is 14.4. The smallest absolute Gasteiger partial charge is 0.389 e. The Labute approximate surface area is 150 Å². The number of nitrogens with zero attached hydrogens (tertiary/aromatic N) is 3. The first kappa shape index (κ1) is 16.8. The topological polar surface area (TPSA) is 91.2 Å². The van der Waals surface area contributed by atoms with Gasteiger partial charge in [0.05, 0.1) is 17.4 Å². The second-order valence-corrected chi connectivity index (χ2v) is 6.06. The van der Waals surface area contributed by atoms with E-state index in [-0.39, 0.29) is 18.1 Å². The largest absolute Gasteiger partial charge is 0.460 e. The second kappa shape index (κ2) is 7.27. The molecular formula is C17H12BrN3O4. The Hall–Kier alpha value is -3.00. The normalized spacial score (nSPS) is 11.1. The number of carbonyl (C=O) groups excluding carboxylic acids is 1. The van der Waals surface area contributed by atoms with Crippen LogP contribution in [0.25, 0.3) is 6.08 Å². The second-order valence-electron chi connectivity index (χ2n) is 5.14. The molecule has 0 saturated carbocycles. The molecule has 0 spiro atoms. The van der Waals surface area contributed by atoms with Crippen molar-refractivity contribution in [1.29, 1.82) is 0 Å². The molecule has 0 saturated heterocycles. The van der Waals surface area contributed by atoms with Gasteiger partial charge in [0.2, 0.25) is 0 Å². The van der Waals surface area contributed by atoms with Crippen LogP contribution in [0.1, 0.15) is 21.9 Å². The van der Waals surface area contributed by atoms with E-state index in [0.29, 0.717) is 17.1 Å². The Morgan fingerprint density at radius 2 is 2.16 bits per heavy atom. The number of halogens is 1. The maximum atomic E-state index is 12.1. The average molecular weight is 402 g/mol. The number of rotatable bonds is 6. The quantitative estimate of drug-likeness (QED) is 0.268. The molecule has 0 bridgehead atoms. The Kier molecular flexibility index (Phi) is 4.90. The number of hydrogen-bond acceptors (Lipinski definition) is 5. The minimum Gasteiger partial charge on any atom is -0.460 e. The predicted octanol–water partition coefficient (Wildman–Crippen LogP) is 4.09. The van der Waals surface area contributed by atoms with Gasteiger partial charge in [-0.2, -0.15) is 4.68 Å². The summed E-state index contributed by atoms with van der Waals surface area (Å²) in [7, 11) is 0. The van der Waals surface area contributed by atoms with Crippen LogP contribution in [-0.2, 0) is 6.54 Å². The average Bonchev–Trinajstić information content (AvgIpc) is 3.22. The number of aromatic nitrogens is 2. The summed E-state index contributed by atoms with van der Waals surface area (Å²) in [6, 6.07) is 11.9. The SMILES string of the molecule is O=C(/C=C/c1ccc(Cn2ccc([N+](=O)[O-])n2)o1)c1cccc(Br)c1. The monoisotopic (exact) mass is 401 g/mol. The van der Waals surface area contributed by atoms with Crippen LogP contribution in [0.5, 0.6) is 0 Å². The van der Waals surface area contributed by atoms with Crippen molar-refractivity contribution in [2.45, 2.75) is 6.54 Å². The van der Waals surface area contributed by atoms with Crippen molar-refractivity contribution in [2.24, 2.45) is 0 Å². The van der Waals surface area contributed by atoms with Crippen LogP contribution < -0.4 is 0 Å². The van der Waals surface area contributed by atoms with Crippen LogP contribution in [0.3, 0.4) is 0 Å². The van der Waals surface area contributed by atoms with Crippen molar-refractivity contribution in [3.8, 4) is 0 Å². The van der Waals surface area contributed by atoms with Gasteiger partial charge in [0.1, 0.15) is 18.1 Å². The van der Waals surface area contributed by atoms with E-state index in [9.17, 15) is 14.9 Å². The number of allylic oxidation sites excluding steroid dienone is 1. The van der Waals surface area contributed by atoms with Crippen molar-refractivity contribution >= 4 is 33.6 Å². The predicted molar refractivity (Wildman–Crippen MR) is 94.2 cm³/mol. The van der Waals surface area contributed by atoms with Crippen LogP contribution in [0.4, 0.5) is 5.82 Å². The van der Waals surface area contributed by atoms with Gasteiger partial charge >= 0.3 is 5.82 Å². The van der Waals surface area contributed by atoms with E-state index in [1.807, 2.05) is 6.07 Å². The fourth-order valence-corrected chi connectivity index (χ4v) is 2.56. The molecule has 0 N–H and O–H groups in total. The Morgan fingerprint density at radius 3 is 2.88 bits per heavy atom. The van der Waals surface area contributed by atoms with Crippen LogP contribution in [0, 0.1) is 10.1 Å². The molecule has 0 aliphatic rings. The molecule has 2 aromatic heterocycles. The van der Waals surface area contributed by atoms with Crippen LogP contribution >= 0.6 is 15.9 Å². The number of furan rings is 1. The highest BCUT2D eigenvalue weighted by Gasteiger charge is 2.12. The molecule has 0 fully saturated rings. The number of benzene rings is 1. The lowest BCUT2D eigenvalue weighted by atomic mass is 10.1. The minimum absolute atomic E-state index is 0.137. The molecule has 8 heteroatoms. The zero-order chi connectivity index (χ0) is 17.8. The number of hydrogen-bond donors (Lipinski definition) is 0. The first-order valence-electron chi connectivity index (χ1n) is 7.26. The van der Waals surface area contributed by atoms with E-state index in [4.69, 9.17) is 4.42 Å². The van der Waals surface area contributed by atoms with E-state index in [1.54, 1.807) is 36.4 Å². The van der Waals surface area contributed by atoms with Gasteiger partial charge in [-0.15, -0.1) is 0 Å². The fraction of sp³-hybridized carbons (Fsp3) is 0.0588. The molecule has 25 heavy (non-hydrogen) atoms. The lowest BCUT2D eigenvalue weighted by Gasteiger charge is -1.96. The summed E-state index contributed by atoms with van der Waals surface area (Å²) >= 11 is 3.33. The van der Waals surface area contributed by atoms with E-state index in [1.165, 1.54) is 23.0 Å². The Morgan fingerprint density at radius 1 is 1.32 bits per heavy atom. The molecule has 3 rings (SSSR count). The molecule has 0 unspecified atom stereocenters. The van der Waals surface area contributed by atoms with Gasteiger partial charge in [0.25, 0.3) is 0 Å². The number of carbonyl (C=O) groups is 1. The van der Waals surface area contributed by atoms with Gasteiger partial charge in [0.15, 0.2) is 5.78 Å². The molecule has 0 aliphatic heterocycles. The molecule has 0 atom stereocenters. The first-order valence-corrected chi connectivity index (χ1v) is 8.05. The molecule has 0 aliphatic carbocycles. The summed E-state index contributed by atoms with van der Waals surface area (Å²) in [5.74, 6) is 0.737. The molecule has 2 heterocycles. The molecular weight excluding hydrogens is 390 g/mol. The molecule has 7 nitrogen and oxygen atoms in total. The highest BCUT2D eigenvalue weighted by Crippen LogP contribution is 2.15. The summed E-state index contributed by atoms with van der Waals surface area (Å²) in [6.45, 7) is 0.265. The van der Waals surface area contributed by atoms with Crippen LogP contribution in [-0.4, -0.2) is 20.5 Å². The van der Waals surface area contributed by atoms with E-state index < -0.39 is 4.92 Å². The number of ketones is 1. The van der Waals surface area contributed by atoms with E-state index >= 15 is 0 Å². The summed E-state index contributed by atoms with van der Waals surface area (Å²) in [6.07, 6.45) is 4.52. The number of nitro groups is 1. The third-order valence-electron chi connectivity index (χ3n) is 3.32. The van der Waals surface area contributed by atoms with Crippen molar-refractivity contribution in [2.75, 3.05) is 0 Å². The molecule has 126 valence electrons. The lowest BCUT2D eigenvalue weighted by Crippen LogP contribution is -2.00. The molecule has 0 radical (unpaired) electrons. The van der Waals surface area contributed by atoms with Crippen molar-refractivity contribution in [3.05, 3.63) is 86.4 Å². The Balaban J connectivity index is 1.66. The van der Waals surface area contributed by atoms with E-state index in [0.717, 1.165) is 4.47 Å². The first-order chi connectivity index (χ1) is 12.0. The Bertz CT molecular complexity index is 958. The summed E-state index contributed by atoms with van der Waals surface area (Å²) < 4.78 is 7.84. The fourth-order valence-electron chi connectivity index (χ4n) is 2.16. The van der Waals surface area contributed by atoms with Crippen molar-refractivity contribution in [3.63, 3.8) is 0 Å². The maximum absolute atomic E-state index is 12.1. The third kappa shape index (κ3) is 4.30. The van der Waals surface area contributed by atoms with Gasteiger partial charge < -0.3 is 14.5 Å². The van der Waals surface area contributed by atoms with Gasteiger partial charge in [-0.25, -0.2) is 0 Å². The lowest BCUT2D eigenvalue weighted by molar-refractivity contribution is -0.389. The summed E-state index contributed by atoms with van der Waals surface area (Å²) in [4.78, 5) is 22.2. The van der Waals surface area contributed by atoms with Crippen LogP contribution in [0.15, 0.2) is 63.6 Å². The standard InChI is InChI=1S/C17H12BrN3O4/c18-13-3-1-2-12(10-13)16(22)7-6-14-4-5-15(25-14)11-20-9-8-17(19-20)21(23)24/h1-10H,11H2/b7-6+. The summed E-state index contributed by atoms with van der Waals surface area (Å²) in [5.41, 5.74) is 0.571. The maximum Gasteiger partial charge on any atom is 0.389 e. The summed E-state index contributed by atoms with van der Waals surface area (Å²) in [5, 5.41) is 14.4. The highest BCUT2D eigenvalue weighted by atomic mass is 79.9. The van der Waals surface area contributed by atoms with Crippen molar-refractivity contribution in [1.82, 2.24) is 9.78 Å². The zero-order valence-electron chi connectivity index (χ0n) is 12.8. The van der Waals surface area contributed by atoms with Gasteiger partial charge in [-0.05, 0) is 41.3 Å². The van der Waals surface area contributed by atoms with Gasteiger partial charge in [-0.3, -0.25) is 4.79 Å². The molecule has 1 aromatic carbocycles. The van der Waals surface area contributed by atoms with Crippen molar-refractivity contribution < 1.29 is 14.1 Å². The van der Waals surface area contributed by atoms with E-state index in [2.05, 4.69) is 21.0 Å². The third-order valence-corrected chi connectivity index (χ3v) is 3.82. The van der Waals surface area contributed by atoms with Crippen LogP contribution in [0.2, 0.25) is 0 Å². The van der Waals surface area contributed by atoms with Gasteiger partial charge in [0, 0.05) is 10.0 Å². The minimum atomic E-state index is -0.555.